The molecule has 130 valence electrons. The van der Waals surface area contributed by atoms with Crippen molar-refractivity contribution in [3.8, 4) is 0 Å². The summed E-state index contributed by atoms with van der Waals surface area (Å²) in [5.41, 5.74) is 1.54. The number of nitrogens with zero attached hydrogens (tertiary/aromatic N) is 1. The summed E-state index contributed by atoms with van der Waals surface area (Å²) >= 11 is 0. The van der Waals surface area contributed by atoms with Crippen molar-refractivity contribution in [1.82, 2.24) is 0 Å². The third-order valence-electron chi connectivity index (χ3n) is 4.40. The van der Waals surface area contributed by atoms with Gasteiger partial charge in [0.15, 0.2) is 0 Å². The number of halogens is 2. The van der Waals surface area contributed by atoms with E-state index >= 15 is 0 Å². The highest BCUT2D eigenvalue weighted by Gasteiger charge is 2.44. The number of rotatable bonds is 3. The highest BCUT2D eigenvalue weighted by Crippen LogP contribution is 2.41. The molecule has 2 aromatic carbocycles. The summed E-state index contributed by atoms with van der Waals surface area (Å²) in [6.45, 7) is 5.27. The molecule has 0 aliphatic carbocycles. The van der Waals surface area contributed by atoms with Gasteiger partial charge in [-0.1, -0.05) is 17.7 Å². The maximum absolute atomic E-state index is 13.7. The summed E-state index contributed by atoms with van der Waals surface area (Å²) in [5.74, 6) is -2.19. The number of amides is 2. The molecular formula is C19H18F2N2O2. The second-order valence-electron chi connectivity index (χ2n) is 6.71. The number of carbonyl (C=O) groups is 2. The van der Waals surface area contributed by atoms with E-state index in [9.17, 15) is 18.4 Å². The Hall–Kier alpha value is -2.76. The minimum absolute atomic E-state index is 0.206. The molecule has 4 nitrogen and oxygen atoms in total. The van der Waals surface area contributed by atoms with Gasteiger partial charge in [-0.15, -0.1) is 0 Å². The number of hydrogen-bond donors (Lipinski definition) is 1. The molecule has 6 heteroatoms. The largest absolute Gasteiger partial charge is 0.322 e. The van der Waals surface area contributed by atoms with Crippen LogP contribution >= 0.6 is 0 Å². The topological polar surface area (TPSA) is 49.4 Å². The van der Waals surface area contributed by atoms with Crippen LogP contribution in [0.4, 0.5) is 20.2 Å². The lowest BCUT2D eigenvalue weighted by Crippen LogP contribution is -2.40. The van der Waals surface area contributed by atoms with Gasteiger partial charge in [-0.25, -0.2) is 8.78 Å². The van der Waals surface area contributed by atoms with Gasteiger partial charge >= 0.3 is 0 Å². The summed E-state index contributed by atoms with van der Waals surface area (Å²) in [5, 5.41) is 2.32. The Morgan fingerprint density at radius 2 is 1.88 bits per heavy atom. The fraction of sp³-hybridized carbons (Fsp3) is 0.263. The van der Waals surface area contributed by atoms with Crippen LogP contribution in [0.3, 0.4) is 0 Å². The van der Waals surface area contributed by atoms with Crippen LogP contribution in [0.15, 0.2) is 36.4 Å². The van der Waals surface area contributed by atoms with Crippen LogP contribution in [0.1, 0.15) is 25.0 Å². The van der Waals surface area contributed by atoms with E-state index in [2.05, 4.69) is 5.32 Å². The van der Waals surface area contributed by atoms with Gasteiger partial charge in [0.05, 0.1) is 11.1 Å². The predicted octanol–water partition coefficient (Wildman–Crippen LogP) is 3.54. The Labute approximate surface area is 144 Å². The summed E-state index contributed by atoms with van der Waals surface area (Å²) < 4.78 is 26.9. The first kappa shape index (κ1) is 17.1. The number of fused-ring (bicyclic) bond motifs is 1. The molecule has 0 radical (unpaired) electrons. The number of benzene rings is 2. The summed E-state index contributed by atoms with van der Waals surface area (Å²) in [4.78, 5) is 26.4. The van der Waals surface area contributed by atoms with Gasteiger partial charge in [0, 0.05) is 11.8 Å². The average molecular weight is 344 g/mol. The minimum atomic E-state index is -0.744. The van der Waals surface area contributed by atoms with Crippen molar-refractivity contribution in [1.29, 1.82) is 0 Å². The third kappa shape index (κ3) is 2.99. The maximum atomic E-state index is 13.7. The lowest BCUT2D eigenvalue weighted by molar-refractivity contribution is -0.124. The molecule has 0 spiro atoms. The van der Waals surface area contributed by atoms with E-state index in [-0.39, 0.29) is 18.1 Å². The van der Waals surface area contributed by atoms with Crippen LogP contribution in [0.5, 0.6) is 0 Å². The molecule has 25 heavy (non-hydrogen) atoms. The summed E-state index contributed by atoms with van der Waals surface area (Å²) in [6.07, 6.45) is 0. The van der Waals surface area contributed by atoms with Crippen LogP contribution in [0.25, 0.3) is 0 Å². The molecule has 2 amide bonds. The van der Waals surface area contributed by atoms with E-state index in [1.54, 1.807) is 19.9 Å². The Balaban J connectivity index is 1.85. The number of nitrogens with one attached hydrogen (secondary N) is 1. The molecule has 2 aromatic rings. The van der Waals surface area contributed by atoms with Gasteiger partial charge in [0.25, 0.3) is 0 Å². The zero-order valence-electron chi connectivity index (χ0n) is 14.2. The minimum Gasteiger partial charge on any atom is -0.322 e. The van der Waals surface area contributed by atoms with Crippen molar-refractivity contribution in [3.63, 3.8) is 0 Å². The molecular weight excluding hydrogens is 326 g/mol. The maximum Gasteiger partial charge on any atom is 0.244 e. The van der Waals surface area contributed by atoms with Gasteiger partial charge < -0.3 is 10.2 Å². The quantitative estimate of drug-likeness (QED) is 0.926. The molecule has 0 unspecified atom stereocenters. The van der Waals surface area contributed by atoms with Crippen LogP contribution in [-0.2, 0) is 15.0 Å². The van der Waals surface area contributed by atoms with Crippen LogP contribution in [0.2, 0.25) is 0 Å². The van der Waals surface area contributed by atoms with Gasteiger partial charge in [0.2, 0.25) is 11.8 Å². The van der Waals surface area contributed by atoms with Gasteiger partial charge in [-0.3, -0.25) is 9.59 Å². The Bertz CT molecular complexity index is 878. The molecule has 0 saturated carbocycles. The van der Waals surface area contributed by atoms with Gasteiger partial charge in [0.1, 0.15) is 18.2 Å². The fourth-order valence-electron chi connectivity index (χ4n) is 3.03. The second kappa shape index (κ2) is 5.95. The van der Waals surface area contributed by atoms with E-state index in [0.29, 0.717) is 5.69 Å². The van der Waals surface area contributed by atoms with Gasteiger partial charge in [-0.05, 0) is 44.5 Å². The van der Waals surface area contributed by atoms with E-state index in [1.165, 1.54) is 4.90 Å². The fourth-order valence-corrected chi connectivity index (χ4v) is 3.03. The monoisotopic (exact) mass is 344 g/mol. The Morgan fingerprint density at radius 1 is 1.16 bits per heavy atom. The van der Waals surface area contributed by atoms with Crippen LogP contribution in [0, 0.1) is 18.6 Å². The summed E-state index contributed by atoms with van der Waals surface area (Å²) in [7, 11) is 0. The summed E-state index contributed by atoms with van der Waals surface area (Å²) in [6, 6.07) is 8.40. The van der Waals surface area contributed by atoms with E-state index < -0.39 is 23.0 Å². The van der Waals surface area contributed by atoms with Crippen LogP contribution in [-0.4, -0.2) is 18.4 Å². The molecule has 0 atom stereocenters. The van der Waals surface area contributed by atoms with Crippen LogP contribution < -0.4 is 10.2 Å². The van der Waals surface area contributed by atoms with Crippen molar-refractivity contribution in [2.45, 2.75) is 26.2 Å². The van der Waals surface area contributed by atoms with E-state index in [4.69, 9.17) is 0 Å². The smallest absolute Gasteiger partial charge is 0.244 e. The predicted molar refractivity (Wildman–Crippen MR) is 91.5 cm³/mol. The Kier molecular flexibility index (Phi) is 4.06. The lowest BCUT2D eigenvalue weighted by Gasteiger charge is -2.20. The Morgan fingerprint density at radius 3 is 2.60 bits per heavy atom. The first-order valence-electron chi connectivity index (χ1n) is 7.88. The van der Waals surface area contributed by atoms with Crippen molar-refractivity contribution < 1.29 is 18.4 Å². The standard InChI is InChI=1S/C19H18F2N2O2/c1-11-4-7-16-13(8-11)19(2,3)18(25)23(16)10-17(24)22-15-9-12(20)5-6-14(15)21/h4-9H,10H2,1-3H3,(H,22,24). The molecule has 0 fully saturated rings. The van der Waals surface area contributed by atoms with E-state index in [0.717, 1.165) is 29.3 Å². The number of anilines is 2. The van der Waals surface area contributed by atoms with Crippen molar-refractivity contribution in [2.24, 2.45) is 0 Å². The highest BCUT2D eigenvalue weighted by molar-refractivity contribution is 6.11. The van der Waals surface area contributed by atoms with Gasteiger partial charge in [-0.2, -0.15) is 0 Å². The van der Waals surface area contributed by atoms with Crippen molar-refractivity contribution in [3.05, 3.63) is 59.2 Å². The number of carbonyl (C=O) groups excluding carboxylic acids is 2. The SMILES string of the molecule is Cc1ccc2c(c1)C(C)(C)C(=O)N2CC(=O)Nc1cc(F)ccc1F. The molecule has 0 saturated heterocycles. The van der Waals surface area contributed by atoms with Crippen molar-refractivity contribution in [2.75, 3.05) is 16.8 Å². The zero-order valence-corrected chi connectivity index (χ0v) is 14.2. The molecule has 0 aromatic heterocycles. The first-order chi connectivity index (χ1) is 11.7. The molecule has 1 heterocycles. The van der Waals surface area contributed by atoms with E-state index in [1.807, 2.05) is 19.1 Å². The third-order valence-corrected chi connectivity index (χ3v) is 4.40. The molecule has 3 rings (SSSR count). The van der Waals surface area contributed by atoms with Crippen molar-refractivity contribution >= 4 is 23.2 Å². The first-order valence-corrected chi connectivity index (χ1v) is 7.88. The molecule has 1 N–H and O–H groups in total. The highest BCUT2D eigenvalue weighted by atomic mass is 19.1. The normalized spacial score (nSPS) is 15.2. The lowest BCUT2D eigenvalue weighted by atomic mass is 9.85. The zero-order chi connectivity index (χ0) is 18.4. The second-order valence-corrected chi connectivity index (χ2v) is 6.71. The average Bonchev–Trinajstić information content (AvgIpc) is 2.72. The number of hydrogen-bond acceptors (Lipinski definition) is 2. The molecule has 0 bridgehead atoms. The molecule has 1 aliphatic rings. The number of aryl methyl sites for hydroxylation is 1. The molecule has 1 aliphatic heterocycles.